The molecule has 7 nitrogen and oxygen atoms in total. The van der Waals surface area contributed by atoms with Gasteiger partial charge in [0, 0.05) is 12.1 Å². The largest absolute Gasteiger partial charge is 0.493 e. The highest BCUT2D eigenvalue weighted by molar-refractivity contribution is 7.92. The number of hydrogen-bond donors (Lipinski definition) is 2. The van der Waals surface area contributed by atoms with Crippen molar-refractivity contribution in [1.82, 2.24) is 0 Å². The number of aromatic carboxylic acids is 1. The van der Waals surface area contributed by atoms with Crippen LogP contribution in [0.4, 0.5) is 18.9 Å². The van der Waals surface area contributed by atoms with E-state index >= 15 is 0 Å². The van der Waals surface area contributed by atoms with E-state index in [-0.39, 0.29) is 5.75 Å². The number of anilines is 1. The number of alkyl halides is 2. The second-order valence-electron chi connectivity index (χ2n) is 4.91. The molecule has 0 fully saturated rings. The molecule has 0 aliphatic heterocycles. The number of nitrogens with one attached hydrogen (secondary N) is 1. The zero-order chi connectivity index (χ0) is 20.4. The van der Waals surface area contributed by atoms with Crippen molar-refractivity contribution in [3.8, 4) is 11.5 Å². The second-order valence-corrected chi connectivity index (χ2v) is 7.00. The predicted octanol–water partition coefficient (Wildman–Crippen LogP) is 3.59. The number of halogens is 4. The number of rotatable bonds is 7. The molecule has 0 atom stereocenters. The number of benzene rings is 2. The fourth-order valence-corrected chi connectivity index (χ4v) is 3.36. The highest BCUT2D eigenvalue weighted by Crippen LogP contribution is 2.35. The lowest BCUT2D eigenvalue weighted by molar-refractivity contribution is -0.0511. The molecular formula is C15H11ClF3NO6S. The standard InChI is InChI=1S/C15H11ClF3NO6S/c1-25-12-5-8(14(21)22)11(6-13(12)26-15(18)19)20-27(23,24)7-2-3-10(17)9(16)4-7/h2-6,15,20H,1H3,(H,21,22). The number of carbonyl (C=O) groups is 1. The van der Waals surface area contributed by atoms with Gasteiger partial charge in [-0.15, -0.1) is 0 Å². The Morgan fingerprint density at radius 2 is 1.89 bits per heavy atom. The number of sulfonamides is 1. The van der Waals surface area contributed by atoms with Crippen LogP contribution in [0, 0.1) is 5.82 Å². The molecule has 2 N–H and O–H groups in total. The third-order valence-electron chi connectivity index (χ3n) is 3.20. The lowest BCUT2D eigenvalue weighted by Crippen LogP contribution is -2.16. The van der Waals surface area contributed by atoms with Crippen LogP contribution in [0.25, 0.3) is 0 Å². The molecule has 2 rings (SSSR count). The minimum absolute atomic E-state index is 0.347. The molecule has 0 spiro atoms. The van der Waals surface area contributed by atoms with Gasteiger partial charge < -0.3 is 14.6 Å². The zero-order valence-corrected chi connectivity index (χ0v) is 14.9. The van der Waals surface area contributed by atoms with Gasteiger partial charge in [-0.05, 0) is 18.2 Å². The van der Waals surface area contributed by atoms with E-state index in [1.165, 1.54) is 0 Å². The van der Waals surface area contributed by atoms with Gasteiger partial charge in [0.15, 0.2) is 11.5 Å². The summed E-state index contributed by atoms with van der Waals surface area (Å²) in [7, 11) is -3.33. The maximum Gasteiger partial charge on any atom is 0.387 e. The van der Waals surface area contributed by atoms with Crippen molar-refractivity contribution in [3.05, 3.63) is 46.7 Å². The average Bonchev–Trinajstić information content (AvgIpc) is 2.56. The first kappa shape index (κ1) is 20.6. The van der Waals surface area contributed by atoms with Crippen molar-refractivity contribution < 1.29 is 41.0 Å². The van der Waals surface area contributed by atoms with Gasteiger partial charge in [-0.3, -0.25) is 4.72 Å². The van der Waals surface area contributed by atoms with Crippen LogP contribution in [0.2, 0.25) is 5.02 Å². The molecule has 0 aromatic heterocycles. The molecule has 2 aromatic carbocycles. The van der Waals surface area contributed by atoms with Crippen molar-refractivity contribution in [3.63, 3.8) is 0 Å². The third-order valence-corrected chi connectivity index (χ3v) is 4.85. The van der Waals surface area contributed by atoms with E-state index in [4.69, 9.17) is 16.3 Å². The average molecular weight is 426 g/mol. The molecule has 0 amide bonds. The summed E-state index contributed by atoms with van der Waals surface area (Å²) in [5, 5.41) is 8.78. The van der Waals surface area contributed by atoms with Crippen LogP contribution in [-0.4, -0.2) is 33.2 Å². The van der Waals surface area contributed by atoms with E-state index in [0.29, 0.717) is 0 Å². The fraction of sp³-hybridized carbons (Fsp3) is 0.133. The van der Waals surface area contributed by atoms with Crippen LogP contribution in [0.3, 0.4) is 0 Å². The molecule has 0 aliphatic rings. The van der Waals surface area contributed by atoms with Gasteiger partial charge in [0.1, 0.15) is 5.82 Å². The summed E-state index contributed by atoms with van der Waals surface area (Å²) in [5.41, 5.74) is -1.16. The molecule has 0 unspecified atom stereocenters. The van der Waals surface area contributed by atoms with Crippen LogP contribution in [0.5, 0.6) is 11.5 Å². The third kappa shape index (κ3) is 4.74. The lowest BCUT2D eigenvalue weighted by Gasteiger charge is -2.15. The molecule has 146 valence electrons. The Bertz CT molecular complexity index is 984. The van der Waals surface area contributed by atoms with Crippen molar-refractivity contribution in [2.24, 2.45) is 0 Å². The maximum absolute atomic E-state index is 13.2. The number of carboxylic acid groups (broad SMARTS) is 1. The smallest absolute Gasteiger partial charge is 0.387 e. The van der Waals surface area contributed by atoms with Crippen LogP contribution in [0.15, 0.2) is 35.2 Å². The van der Waals surface area contributed by atoms with Crippen molar-refractivity contribution in [2.75, 3.05) is 11.8 Å². The van der Waals surface area contributed by atoms with Gasteiger partial charge in [0.2, 0.25) is 0 Å². The Labute approximate surface area is 156 Å². The molecule has 0 heterocycles. The van der Waals surface area contributed by atoms with Crippen molar-refractivity contribution in [1.29, 1.82) is 0 Å². The molecular weight excluding hydrogens is 415 g/mol. The quantitative estimate of drug-likeness (QED) is 0.703. The van der Waals surface area contributed by atoms with E-state index in [2.05, 4.69) is 4.74 Å². The minimum atomic E-state index is -4.42. The van der Waals surface area contributed by atoms with Gasteiger partial charge in [-0.1, -0.05) is 11.6 Å². The summed E-state index contributed by atoms with van der Waals surface area (Å²) < 4.78 is 74.0. The van der Waals surface area contributed by atoms with Gasteiger partial charge in [-0.25, -0.2) is 17.6 Å². The number of hydrogen-bond acceptors (Lipinski definition) is 5. The minimum Gasteiger partial charge on any atom is -0.493 e. The molecule has 0 saturated carbocycles. The van der Waals surface area contributed by atoms with Crippen LogP contribution in [0.1, 0.15) is 10.4 Å². The van der Waals surface area contributed by atoms with Gasteiger partial charge >= 0.3 is 12.6 Å². The lowest BCUT2D eigenvalue weighted by atomic mass is 10.1. The Morgan fingerprint density at radius 3 is 2.41 bits per heavy atom. The van der Waals surface area contributed by atoms with Crippen molar-refractivity contribution >= 4 is 33.3 Å². The van der Waals surface area contributed by atoms with Gasteiger partial charge in [-0.2, -0.15) is 8.78 Å². The number of carboxylic acids is 1. The Kier molecular flexibility index (Phi) is 6.06. The van der Waals surface area contributed by atoms with Gasteiger partial charge in [0.25, 0.3) is 10.0 Å². The molecule has 0 bridgehead atoms. The summed E-state index contributed by atoms with van der Waals surface area (Å²) in [6.45, 7) is -3.27. The Hall–Kier alpha value is -2.66. The molecule has 27 heavy (non-hydrogen) atoms. The SMILES string of the molecule is COc1cc(C(=O)O)c(NS(=O)(=O)c2ccc(F)c(Cl)c2)cc1OC(F)F. The van der Waals surface area contributed by atoms with Crippen LogP contribution in [-0.2, 0) is 10.0 Å². The highest BCUT2D eigenvalue weighted by atomic mass is 35.5. The summed E-state index contributed by atoms with van der Waals surface area (Å²) in [4.78, 5) is 10.9. The van der Waals surface area contributed by atoms with E-state index in [1.54, 1.807) is 0 Å². The Morgan fingerprint density at radius 1 is 1.22 bits per heavy atom. The van der Waals surface area contributed by atoms with Gasteiger partial charge in [0.05, 0.1) is 28.3 Å². The first-order valence-electron chi connectivity index (χ1n) is 6.93. The van der Waals surface area contributed by atoms with Crippen LogP contribution < -0.4 is 14.2 Å². The predicted molar refractivity (Wildman–Crippen MR) is 88.8 cm³/mol. The fourth-order valence-electron chi connectivity index (χ4n) is 2.02. The van der Waals surface area contributed by atoms with Crippen LogP contribution >= 0.6 is 11.6 Å². The summed E-state index contributed by atoms with van der Waals surface area (Å²) in [5.74, 6) is -3.36. The van der Waals surface area contributed by atoms with E-state index < -0.39 is 55.3 Å². The first-order chi connectivity index (χ1) is 12.5. The monoisotopic (exact) mass is 425 g/mol. The summed E-state index contributed by atoms with van der Waals surface area (Å²) in [6, 6.07) is 4.05. The normalized spacial score (nSPS) is 11.3. The zero-order valence-electron chi connectivity index (χ0n) is 13.4. The molecule has 2 aromatic rings. The Balaban J connectivity index is 2.55. The topological polar surface area (TPSA) is 102 Å². The summed E-state index contributed by atoms with van der Waals surface area (Å²) >= 11 is 5.55. The summed E-state index contributed by atoms with van der Waals surface area (Å²) in [6.07, 6.45) is 0. The highest BCUT2D eigenvalue weighted by Gasteiger charge is 2.23. The maximum atomic E-state index is 13.2. The van der Waals surface area contributed by atoms with E-state index in [1.807, 2.05) is 4.72 Å². The van der Waals surface area contributed by atoms with E-state index in [9.17, 15) is 31.5 Å². The van der Waals surface area contributed by atoms with Crippen molar-refractivity contribution in [2.45, 2.75) is 11.5 Å². The molecule has 12 heteroatoms. The molecule has 0 aliphatic carbocycles. The molecule has 0 saturated heterocycles. The number of ether oxygens (including phenoxy) is 2. The first-order valence-corrected chi connectivity index (χ1v) is 8.79. The number of methoxy groups -OCH3 is 1. The van der Waals surface area contributed by atoms with E-state index in [0.717, 1.165) is 37.4 Å². The second kappa shape index (κ2) is 7.92. The molecule has 0 radical (unpaired) electrons.